The van der Waals surface area contributed by atoms with E-state index in [1.807, 2.05) is 16.9 Å². The Labute approximate surface area is 294 Å². The summed E-state index contributed by atoms with van der Waals surface area (Å²) < 4.78 is 7.49. The summed E-state index contributed by atoms with van der Waals surface area (Å²) in [6.45, 7) is 12.2. The fourth-order valence-electron chi connectivity index (χ4n) is 7.76. The van der Waals surface area contributed by atoms with Crippen LogP contribution in [-0.2, 0) is 46.9 Å². The van der Waals surface area contributed by atoms with Crippen molar-refractivity contribution in [1.29, 1.82) is 0 Å². The van der Waals surface area contributed by atoms with Crippen LogP contribution in [0.2, 0.25) is 0 Å². The molecule has 264 valence electrons. The molecule has 3 fully saturated rings. The van der Waals surface area contributed by atoms with Crippen LogP contribution in [0.15, 0.2) is 48.7 Å². The van der Waals surface area contributed by atoms with E-state index in [1.54, 1.807) is 0 Å². The average molecular weight is 679 g/mol. The molecule has 4 aromatic rings. The number of rotatable bonds is 13. The Morgan fingerprint density at radius 2 is 1.84 bits per heavy atom. The largest absolute Gasteiger partial charge is 0.381 e. The molecule has 2 aromatic heterocycles. The van der Waals surface area contributed by atoms with Gasteiger partial charge >= 0.3 is 0 Å². The van der Waals surface area contributed by atoms with Crippen LogP contribution in [0.25, 0.3) is 22.2 Å². The van der Waals surface area contributed by atoms with E-state index < -0.39 is 0 Å². The highest BCUT2D eigenvalue weighted by Crippen LogP contribution is 2.32. The fraction of sp³-hybridized carbons (Fsp3) is 0.487. The molecule has 5 heterocycles. The molecule has 3 saturated heterocycles. The topological polar surface area (TPSA) is 125 Å². The third kappa shape index (κ3) is 7.55. The molecule has 0 radical (unpaired) electrons. The number of nitrogens with zero attached hydrogens (tertiary/aromatic N) is 4. The summed E-state index contributed by atoms with van der Waals surface area (Å²) in [7, 11) is 0. The van der Waals surface area contributed by atoms with E-state index >= 15 is 0 Å². The van der Waals surface area contributed by atoms with Crippen LogP contribution in [0, 0.1) is 6.92 Å². The van der Waals surface area contributed by atoms with E-state index in [4.69, 9.17) is 9.72 Å². The highest BCUT2D eigenvalue weighted by Gasteiger charge is 2.37. The summed E-state index contributed by atoms with van der Waals surface area (Å²) >= 11 is 0. The first-order valence-corrected chi connectivity index (χ1v) is 18.3. The number of nitrogens with one attached hydrogen (secondary N) is 4. The molecule has 2 bridgehead atoms. The first-order chi connectivity index (χ1) is 24.4. The third-order valence-corrected chi connectivity index (χ3v) is 10.5. The van der Waals surface area contributed by atoms with Gasteiger partial charge in [-0.2, -0.15) is 5.10 Å². The van der Waals surface area contributed by atoms with Gasteiger partial charge < -0.3 is 26.0 Å². The van der Waals surface area contributed by atoms with E-state index in [0.717, 1.165) is 91.3 Å². The predicted octanol–water partition coefficient (Wildman–Crippen LogP) is 4.45. The van der Waals surface area contributed by atoms with Crippen LogP contribution in [-0.4, -0.2) is 75.9 Å². The van der Waals surface area contributed by atoms with Crippen molar-refractivity contribution >= 4 is 28.5 Å². The van der Waals surface area contributed by atoms with Crippen LogP contribution in [0.3, 0.4) is 0 Å². The van der Waals surface area contributed by atoms with Crippen molar-refractivity contribution in [3.8, 4) is 11.1 Å². The monoisotopic (exact) mass is 678 g/mol. The Kier molecular flexibility index (Phi) is 10.4. The van der Waals surface area contributed by atoms with Crippen molar-refractivity contribution in [3.63, 3.8) is 0 Å². The molecule has 2 aromatic carbocycles. The molecule has 0 aliphatic carbocycles. The fourth-order valence-corrected chi connectivity index (χ4v) is 7.76. The molecule has 50 heavy (non-hydrogen) atoms. The maximum Gasteiger partial charge on any atom is 0.229 e. The van der Waals surface area contributed by atoms with E-state index in [-0.39, 0.29) is 30.8 Å². The minimum atomic E-state index is -0.325. The molecular formula is C39H50N8O3. The Hall–Kier alpha value is -4.32. The molecule has 0 spiro atoms. The SMILES string of the molecule is CCc1nc2c(cnn2CC)c(NC2CCOCC2)c1CNC(=O)CC(=O)NCc1ccc(C)c(-c2cccc(CN3C[C@H]4CC3CN4)c2)c1. The maximum atomic E-state index is 13.1. The van der Waals surface area contributed by atoms with Gasteiger partial charge in [-0.25, -0.2) is 9.67 Å². The number of fused-ring (bicyclic) bond motifs is 3. The zero-order chi connectivity index (χ0) is 34.6. The Morgan fingerprint density at radius 3 is 2.58 bits per heavy atom. The standard InChI is InChI=1S/C39H50N8O3/c1-4-35-33(38(44-29-11-13-50-14-12-29)34-22-43-47(5-2)39(34)45-35)21-42-37(49)18-36(48)41-19-26-10-9-25(3)32(16-26)28-8-6-7-27(15-28)23-46-24-30-17-31(46)20-40-30/h6-10,15-16,22,29-31,40H,4-5,11-14,17-21,23-24H2,1-3H3,(H,41,48)(H,42,49)(H,44,45)/t30-,31?/m1/s1. The van der Waals surface area contributed by atoms with Crippen molar-refractivity contribution in [3.05, 3.63) is 76.6 Å². The molecule has 7 rings (SSSR count). The Balaban J connectivity index is 0.973. The van der Waals surface area contributed by atoms with Gasteiger partial charge in [0.2, 0.25) is 11.8 Å². The van der Waals surface area contributed by atoms with Crippen molar-refractivity contribution in [2.75, 3.05) is 31.6 Å². The van der Waals surface area contributed by atoms with Gasteiger partial charge in [0.25, 0.3) is 0 Å². The molecule has 3 aliphatic heterocycles. The Bertz CT molecular complexity index is 1850. The number of aromatic nitrogens is 3. The van der Waals surface area contributed by atoms with E-state index in [1.165, 1.54) is 23.1 Å². The first-order valence-electron chi connectivity index (χ1n) is 18.3. The zero-order valence-corrected chi connectivity index (χ0v) is 29.6. The average Bonchev–Trinajstić information content (AvgIpc) is 3.87. The second-order valence-corrected chi connectivity index (χ2v) is 14.0. The highest BCUT2D eigenvalue weighted by atomic mass is 16.5. The summed E-state index contributed by atoms with van der Waals surface area (Å²) in [6, 6.07) is 16.7. The zero-order valence-electron chi connectivity index (χ0n) is 29.6. The van der Waals surface area contributed by atoms with Gasteiger partial charge in [0.15, 0.2) is 5.65 Å². The van der Waals surface area contributed by atoms with Crippen LogP contribution < -0.4 is 21.3 Å². The Morgan fingerprint density at radius 1 is 1.02 bits per heavy atom. The summed E-state index contributed by atoms with van der Waals surface area (Å²) in [6.07, 6.45) is 5.38. The number of piperazine rings is 1. The van der Waals surface area contributed by atoms with Gasteiger partial charge in [-0.1, -0.05) is 37.3 Å². The second-order valence-electron chi connectivity index (χ2n) is 14.0. The van der Waals surface area contributed by atoms with E-state index in [9.17, 15) is 9.59 Å². The number of aryl methyl sites for hydroxylation is 3. The van der Waals surface area contributed by atoms with Crippen LogP contribution in [0.4, 0.5) is 5.69 Å². The predicted molar refractivity (Wildman–Crippen MR) is 196 cm³/mol. The molecule has 1 unspecified atom stereocenters. The quantitative estimate of drug-likeness (QED) is 0.153. The number of amides is 2. The molecule has 3 aliphatic rings. The minimum absolute atomic E-state index is 0.248. The molecule has 2 amide bonds. The number of anilines is 1. The lowest BCUT2D eigenvalue weighted by atomic mass is 9.96. The maximum absolute atomic E-state index is 13.1. The lowest BCUT2D eigenvalue weighted by molar-refractivity contribution is -0.129. The van der Waals surface area contributed by atoms with Gasteiger partial charge in [-0.05, 0) is 79.5 Å². The summed E-state index contributed by atoms with van der Waals surface area (Å²) in [5.74, 6) is -0.635. The molecule has 11 heteroatoms. The van der Waals surface area contributed by atoms with Gasteiger partial charge in [0.1, 0.15) is 6.42 Å². The van der Waals surface area contributed by atoms with Gasteiger partial charge in [-0.3, -0.25) is 14.5 Å². The smallest absolute Gasteiger partial charge is 0.229 e. The van der Waals surface area contributed by atoms with Gasteiger partial charge in [0, 0.05) is 81.9 Å². The summed E-state index contributed by atoms with van der Waals surface area (Å²) in [5.41, 5.74) is 9.50. The summed E-state index contributed by atoms with van der Waals surface area (Å²) in [4.78, 5) is 33.6. The van der Waals surface area contributed by atoms with Crippen LogP contribution >= 0.6 is 0 Å². The summed E-state index contributed by atoms with van der Waals surface area (Å²) in [5, 5.41) is 18.8. The van der Waals surface area contributed by atoms with Crippen molar-refractivity contribution in [2.45, 2.75) is 97.2 Å². The molecule has 11 nitrogen and oxygen atoms in total. The first kappa shape index (κ1) is 34.1. The number of likely N-dealkylation sites (tertiary alicyclic amines) is 1. The lowest BCUT2D eigenvalue weighted by Crippen LogP contribution is -2.42. The van der Waals surface area contributed by atoms with Gasteiger partial charge in [0.05, 0.1) is 17.3 Å². The van der Waals surface area contributed by atoms with E-state index in [0.29, 0.717) is 25.0 Å². The number of carbonyl (C=O) groups is 2. The second kappa shape index (κ2) is 15.3. The number of pyridine rings is 1. The molecule has 2 atom stereocenters. The molecular weight excluding hydrogens is 628 g/mol. The molecule has 0 saturated carbocycles. The van der Waals surface area contributed by atoms with Crippen molar-refractivity contribution in [2.24, 2.45) is 0 Å². The van der Waals surface area contributed by atoms with Crippen LogP contribution in [0.5, 0.6) is 0 Å². The number of ether oxygens (including phenoxy) is 1. The van der Waals surface area contributed by atoms with Crippen LogP contribution in [0.1, 0.15) is 67.5 Å². The number of hydrogen-bond acceptors (Lipinski definition) is 8. The van der Waals surface area contributed by atoms with Gasteiger partial charge in [-0.15, -0.1) is 0 Å². The minimum Gasteiger partial charge on any atom is -0.381 e. The van der Waals surface area contributed by atoms with Crippen molar-refractivity contribution in [1.82, 2.24) is 35.6 Å². The number of hydrogen-bond donors (Lipinski definition) is 4. The van der Waals surface area contributed by atoms with E-state index in [2.05, 4.69) is 88.4 Å². The lowest BCUT2D eigenvalue weighted by Gasteiger charge is -2.27. The van der Waals surface area contributed by atoms with Crippen molar-refractivity contribution < 1.29 is 14.3 Å². The molecule has 4 N–H and O–H groups in total. The highest BCUT2D eigenvalue weighted by molar-refractivity contribution is 5.97. The number of carbonyl (C=O) groups excluding carboxylic acids is 2. The third-order valence-electron chi connectivity index (χ3n) is 10.5. The number of benzene rings is 2. The normalized spacial score (nSPS) is 19.3.